The van der Waals surface area contributed by atoms with Crippen molar-refractivity contribution in [1.82, 2.24) is 25.5 Å². The highest BCUT2D eigenvalue weighted by Gasteiger charge is 2.32. The lowest BCUT2D eigenvalue weighted by atomic mass is 10.0. The quantitative estimate of drug-likeness (QED) is 0.207. The maximum absolute atomic E-state index is 11.9. The zero-order chi connectivity index (χ0) is 29.3. The van der Waals surface area contributed by atoms with Crippen molar-refractivity contribution in [3.63, 3.8) is 0 Å². The van der Waals surface area contributed by atoms with E-state index in [1.165, 1.54) is 11.8 Å². The molecule has 5 rings (SSSR count). The van der Waals surface area contributed by atoms with Gasteiger partial charge in [-0.25, -0.2) is 0 Å². The Kier molecular flexibility index (Phi) is 9.93. The highest BCUT2D eigenvalue weighted by atomic mass is 32.2. The summed E-state index contributed by atoms with van der Waals surface area (Å²) < 4.78 is 14.5. The number of hydrogen-bond acceptors (Lipinski definition) is 9. The molecule has 0 saturated carbocycles. The Labute approximate surface area is 246 Å². The van der Waals surface area contributed by atoms with Gasteiger partial charge in [0.15, 0.2) is 6.29 Å². The van der Waals surface area contributed by atoms with Crippen LogP contribution in [0.2, 0.25) is 0 Å². The van der Waals surface area contributed by atoms with E-state index in [-0.39, 0.29) is 37.6 Å². The summed E-state index contributed by atoms with van der Waals surface area (Å²) >= 11 is 1.51. The minimum Gasteiger partial charge on any atom is -0.481 e. The molecule has 3 atom stereocenters. The number of aliphatic hydroxyl groups excluding tert-OH is 1. The van der Waals surface area contributed by atoms with Crippen molar-refractivity contribution < 1.29 is 29.3 Å². The van der Waals surface area contributed by atoms with Crippen molar-refractivity contribution in [3.05, 3.63) is 101 Å². The number of hydrogen-bond donors (Lipinski definition) is 3. The van der Waals surface area contributed by atoms with E-state index in [0.29, 0.717) is 23.9 Å². The Hall–Kier alpha value is -4.10. The molecule has 12 heteroatoms. The van der Waals surface area contributed by atoms with Gasteiger partial charge in [0.05, 0.1) is 30.9 Å². The van der Waals surface area contributed by atoms with E-state index < -0.39 is 12.3 Å². The molecular weight excluding hydrogens is 558 g/mol. The van der Waals surface area contributed by atoms with E-state index in [2.05, 4.69) is 20.8 Å². The SMILES string of the molecule is O=C(O)CCC(=O)NCc1ccc([C@H]2O[C@@H](CSc3nnnn3-c3ccccc3)C[C@@H](c3ccc(CO)cc3)O2)cc1. The van der Waals surface area contributed by atoms with Crippen LogP contribution in [-0.2, 0) is 32.2 Å². The van der Waals surface area contributed by atoms with Crippen LogP contribution >= 0.6 is 11.8 Å². The van der Waals surface area contributed by atoms with Gasteiger partial charge in [-0.2, -0.15) is 4.68 Å². The minimum atomic E-state index is -1.00. The first-order valence-corrected chi connectivity index (χ1v) is 14.5. The highest BCUT2D eigenvalue weighted by molar-refractivity contribution is 7.99. The number of aromatic nitrogens is 4. The van der Waals surface area contributed by atoms with E-state index in [0.717, 1.165) is 27.9 Å². The Morgan fingerprint density at radius 2 is 1.64 bits per heavy atom. The zero-order valence-corrected chi connectivity index (χ0v) is 23.5. The largest absolute Gasteiger partial charge is 0.481 e. The van der Waals surface area contributed by atoms with E-state index in [1.54, 1.807) is 4.68 Å². The third-order valence-electron chi connectivity index (χ3n) is 6.76. The second-order valence-electron chi connectivity index (χ2n) is 9.78. The minimum absolute atomic E-state index is 0.0285. The monoisotopic (exact) mass is 589 g/mol. The van der Waals surface area contributed by atoms with Crippen molar-refractivity contribution in [3.8, 4) is 5.69 Å². The average molecular weight is 590 g/mol. The Morgan fingerprint density at radius 3 is 2.36 bits per heavy atom. The standard InChI is InChI=1S/C30H31N5O6S/c36-18-21-8-10-22(11-9-21)26-16-25(19-42-30-32-33-34-35(30)24-4-2-1-3-5-24)40-29(41-26)23-12-6-20(7-13-23)17-31-27(37)14-15-28(38)39/h1-13,25-26,29,36H,14-19H2,(H,31,37)(H,38,39)/t25-,26+,29+/m1/s1. The molecule has 1 aliphatic heterocycles. The molecule has 1 aliphatic rings. The number of nitrogens with zero attached hydrogens (tertiary/aromatic N) is 4. The molecule has 1 aromatic heterocycles. The number of carbonyl (C=O) groups excluding carboxylic acids is 1. The highest BCUT2D eigenvalue weighted by Crippen LogP contribution is 2.39. The predicted molar refractivity (Wildman–Crippen MR) is 153 cm³/mol. The molecule has 3 N–H and O–H groups in total. The van der Waals surface area contributed by atoms with E-state index >= 15 is 0 Å². The molecule has 3 aromatic carbocycles. The van der Waals surface area contributed by atoms with Crippen LogP contribution in [-0.4, -0.2) is 54.2 Å². The molecule has 0 radical (unpaired) electrons. The van der Waals surface area contributed by atoms with Gasteiger partial charge >= 0.3 is 5.97 Å². The summed E-state index contributed by atoms with van der Waals surface area (Å²) in [6, 6.07) is 25.0. The molecule has 0 unspecified atom stereocenters. The summed E-state index contributed by atoms with van der Waals surface area (Å²) in [6.45, 7) is 0.264. The fourth-order valence-electron chi connectivity index (χ4n) is 4.49. The van der Waals surface area contributed by atoms with Gasteiger partial charge in [-0.1, -0.05) is 78.5 Å². The lowest BCUT2D eigenvalue weighted by molar-refractivity contribution is -0.245. The Balaban J connectivity index is 1.28. The van der Waals surface area contributed by atoms with Gasteiger partial charge in [0, 0.05) is 30.7 Å². The smallest absolute Gasteiger partial charge is 0.303 e. The number of aliphatic carboxylic acids is 1. The first-order chi connectivity index (χ1) is 20.5. The number of thioether (sulfide) groups is 1. The van der Waals surface area contributed by atoms with Crippen LogP contribution in [0, 0.1) is 0 Å². The number of carbonyl (C=O) groups is 2. The lowest BCUT2D eigenvalue weighted by Crippen LogP contribution is -2.31. The zero-order valence-electron chi connectivity index (χ0n) is 22.7. The molecule has 218 valence electrons. The first kappa shape index (κ1) is 29.4. The predicted octanol–water partition coefficient (Wildman–Crippen LogP) is 3.97. The number of amides is 1. The number of para-hydroxylation sites is 1. The van der Waals surface area contributed by atoms with Gasteiger partial charge in [0.2, 0.25) is 11.1 Å². The fourth-order valence-corrected chi connectivity index (χ4v) is 5.40. The van der Waals surface area contributed by atoms with Crippen molar-refractivity contribution in [2.24, 2.45) is 0 Å². The molecule has 0 bridgehead atoms. The molecule has 4 aromatic rings. The van der Waals surface area contributed by atoms with Gasteiger partial charge in [0.25, 0.3) is 0 Å². The third-order valence-corrected chi connectivity index (χ3v) is 7.81. The van der Waals surface area contributed by atoms with E-state index in [1.807, 2.05) is 78.9 Å². The van der Waals surface area contributed by atoms with Gasteiger partial charge in [-0.15, -0.1) is 5.10 Å². The number of benzene rings is 3. The van der Waals surface area contributed by atoms with Crippen LogP contribution in [0.3, 0.4) is 0 Å². The number of carboxylic acids is 1. The number of rotatable bonds is 12. The lowest BCUT2D eigenvalue weighted by Gasteiger charge is -2.36. The normalized spacial score (nSPS) is 18.5. The van der Waals surface area contributed by atoms with Crippen molar-refractivity contribution >= 4 is 23.6 Å². The summed E-state index contributed by atoms with van der Waals surface area (Å²) in [4.78, 5) is 22.6. The van der Waals surface area contributed by atoms with Gasteiger partial charge in [-0.05, 0) is 39.2 Å². The van der Waals surface area contributed by atoms with Gasteiger partial charge in [-0.3, -0.25) is 9.59 Å². The van der Waals surface area contributed by atoms with Crippen LogP contribution in [0.15, 0.2) is 84.0 Å². The molecule has 0 spiro atoms. The van der Waals surface area contributed by atoms with Crippen LogP contribution < -0.4 is 5.32 Å². The number of carboxylic acid groups (broad SMARTS) is 1. The molecule has 1 amide bonds. The summed E-state index contributed by atoms with van der Waals surface area (Å²) in [5.41, 5.74) is 4.39. The third kappa shape index (κ3) is 7.79. The maximum atomic E-state index is 11.9. The number of ether oxygens (including phenoxy) is 2. The molecule has 1 saturated heterocycles. The van der Waals surface area contributed by atoms with E-state index in [9.17, 15) is 14.7 Å². The van der Waals surface area contributed by atoms with Crippen LogP contribution in [0.25, 0.3) is 5.69 Å². The molecule has 42 heavy (non-hydrogen) atoms. The van der Waals surface area contributed by atoms with Crippen LogP contribution in [0.5, 0.6) is 0 Å². The second kappa shape index (κ2) is 14.2. The molecule has 1 fully saturated rings. The summed E-state index contributed by atoms with van der Waals surface area (Å²) in [7, 11) is 0. The number of tetrazole rings is 1. The first-order valence-electron chi connectivity index (χ1n) is 13.5. The summed E-state index contributed by atoms with van der Waals surface area (Å²) in [5.74, 6) is -0.719. The Bertz CT molecular complexity index is 1470. The van der Waals surface area contributed by atoms with Crippen molar-refractivity contribution in [2.45, 2.75) is 56.1 Å². The van der Waals surface area contributed by atoms with Crippen molar-refractivity contribution in [1.29, 1.82) is 0 Å². The average Bonchev–Trinajstić information content (AvgIpc) is 3.51. The summed E-state index contributed by atoms with van der Waals surface area (Å²) in [6.07, 6.45) is -0.683. The Morgan fingerprint density at radius 1 is 0.929 bits per heavy atom. The van der Waals surface area contributed by atoms with Gasteiger partial charge in [0.1, 0.15) is 0 Å². The maximum Gasteiger partial charge on any atom is 0.303 e. The van der Waals surface area contributed by atoms with E-state index in [4.69, 9.17) is 14.6 Å². The second-order valence-corrected chi connectivity index (χ2v) is 10.8. The molecule has 0 aliphatic carbocycles. The van der Waals surface area contributed by atoms with Crippen molar-refractivity contribution in [2.75, 3.05) is 5.75 Å². The number of nitrogens with one attached hydrogen (secondary N) is 1. The summed E-state index contributed by atoms with van der Waals surface area (Å²) in [5, 5.41) is 33.8. The van der Waals surface area contributed by atoms with Crippen LogP contribution in [0.4, 0.5) is 0 Å². The topological polar surface area (TPSA) is 149 Å². The molecular formula is C30H31N5O6S. The molecule has 11 nitrogen and oxygen atoms in total. The van der Waals surface area contributed by atoms with Gasteiger partial charge < -0.3 is 25.0 Å². The fraction of sp³-hybridized carbons (Fsp3) is 0.300. The number of aliphatic hydroxyl groups is 1. The molecule has 2 heterocycles. The van der Waals surface area contributed by atoms with Crippen LogP contribution in [0.1, 0.15) is 53.9 Å².